The minimum Gasteiger partial charge on any atom is -0.383 e. The molecule has 1 aromatic heterocycles. The highest BCUT2D eigenvalue weighted by Gasteiger charge is 2.35. The third-order valence-corrected chi connectivity index (χ3v) is 4.90. The van der Waals surface area contributed by atoms with Crippen LogP contribution in [0.25, 0.3) is 0 Å². The summed E-state index contributed by atoms with van der Waals surface area (Å²) in [6.45, 7) is 1.93. The number of hydrogen-bond donors (Lipinski definition) is 2. The first-order chi connectivity index (χ1) is 9.66. The van der Waals surface area contributed by atoms with E-state index in [9.17, 15) is 4.79 Å². The van der Waals surface area contributed by atoms with Crippen LogP contribution in [0.1, 0.15) is 54.4 Å². The first-order valence-electron chi connectivity index (χ1n) is 7.68. The molecule has 20 heavy (non-hydrogen) atoms. The molecule has 2 heterocycles. The number of nitrogens with zero attached hydrogens (tertiary/aromatic N) is 1. The first-order valence-corrected chi connectivity index (χ1v) is 7.68. The van der Waals surface area contributed by atoms with Gasteiger partial charge < -0.3 is 11.1 Å². The average molecular weight is 273 g/mol. The van der Waals surface area contributed by atoms with Gasteiger partial charge >= 0.3 is 0 Å². The molecule has 3 rings (SSSR count). The van der Waals surface area contributed by atoms with Crippen molar-refractivity contribution in [2.24, 2.45) is 5.92 Å². The Hall–Kier alpha value is -1.42. The van der Waals surface area contributed by atoms with Gasteiger partial charge in [-0.3, -0.25) is 4.79 Å². The maximum absolute atomic E-state index is 12.7. The van der Waals surface area contributed by atoms with Gasteiger partial charge in [0.1, 0.15) is 5.82 Å². The van der Waals surface area contributed by atoms with Crippen LogP contribution in [0.5, 0.6) is 0 Å². The van der Waals surface area contributed by atoms with Crippen LogP contribution >= 0.6 is 0 Å². The topological polar surface area (TPSA) is 68.0 Å². The third kappa shape index (κ3) is 2.44. The van der Waals surface area contributed by atoms with Crippen molar-refractivity contribution in [1.82, 2.24) is 10.3 Å². The van der Waals surface area contributed by atoms with Crippen molar-refractivity contribution in [1.29, 1.82) is 0 Å². The fourth-order valence-corrected chi connectivity index (χ4v) is 3.78. The molecule has 4 nitrogen and oxygen atoms in total. The summed E-state index contributed by atoms with van der Waals surface area (Å²) in [5.41, 5.74) is 7.44. The molecule has 0 aromatic carbocycles. The standard InChI is InChI=1S/C16H23N3O/c1-10-8-9-18-16(17)14(10)15(20)13-7-6-11-4-2-3-5-12(11)19-13/h8-9,11-13,19H,2-7H2,1H3,(H2,17,18). The van der Waals surface area contributed by atoms with Gasteiger partial charge in [0.05, 0.1) is 11.6 Å². The third-order valence-electron chi connectivity index (χ3n) is 4.90. The molecule has 3 unspecified atom stereocenters. The van der Waals surface area contributed by atoms with Crippen LogP contribution in [0, 0.1) is 12.8 Å². The van der Waals surface area contributed by atoms with Crippen LogP contribution < -0.4 is 11.1 Å². The number of fused-ring (bicyclic) bond motifs is 1. The summed E-state index contributed by atoms with van der Waals surface area (Å²) in [5.74, 6) is 1.25. The predicted molar refractivity (Wildman–Crippen MR) is 79.6 cm³/mol. The minimum atomic E-state index is -0.0838. The summed E-state index contributed by atoms with van der Waals surface area (Å²) >= 11 is 0. The molecular weight excluding hydrogens is 250 g/mol. The van der Waals surface area contributed by atoms with Gasteiger partial charge in [-0.25, -0.2) is 4.98 Å². The second-order valence-corrected chi connectivity index (χ2v) is 6.20. The van der Waals surface area contributed by atoms with Crippen molar-refractivity contribution in [2.75, 3.05) is 5.73 Å². The molecular formula is C16H23N3O. The van der Waals surface area contributed by atoms with E-state index in [-0.39, 0.29) is 11.8 Å². The summed E-state index contributed by atoms with van der Waals surface area (Å²) in [5, 5.41) is 3.58. The Labute approximate surface area is 120 Å². The highest BCUT2D eigenvalue weighted by atomic mass is 16.1. The molecule has 2 aliphatic rings. The van der Waals surface area contributed by atoms with Crippen molar-refractivity contribution in [2.45, 2.75) is 57.5 Å². The van der Waals surface area contributed by atoms with Gasteiger partial charge in [0.15, 0.2) is 5.78 Å². The molecule has 0 radical (unpaired) electrons. The summed E-state index contributed by atoms with van der Waals surface area (Å²) in [7, 11) is 0. The van der Waals surface area contributed by atoms with E-state index in [1.807, 2.05) is 13.0 Å². The predicted octanol–water partition coefficient (Wildman–Crippen LogP) is 2.47. The van der Waals surface area contributed by atoms with E-state index in [0.29, 0.717) is 17.4 Å². The number of ketones is 1. The number of nitrogens with two attached hydrogens (primary N) is 1. The number of rotatable bonds is 2. The van der Waals surface area contributed by atoms with Gasteiger partial charge in [0.2, 0.25) is 0 Å². The largest absolute Gasteiger partial charge is 0.383 e. The van der Waals surface area contributed by atoms with Crippen LogP contribution in [0.3, 0.4) is 0 Å². The molecule has 2 fully saturated rings. The van der Waals surface area contributed by atoms with Crippen LogP contribution in [0.2, 0.25) is 0 Å². The molecule has 0 spiro atoms. The monoisotopic (exact) mass is 273 g/mol. The number of pyridine rings is 1. The molecule has 0 amide bonds. The average Bonchev–Trinajstić information content (AvgIpc) is 2.46. The lowest BCUT2D eigenvalue weighted by molar-refractivity contribution is 0.0861. The molecule has 3 atom stereocenters. The van der Waals surface area contributed by atoms with E-state index >= 15 is 0 Å². The second kappa shape index (κ2) is 5.52. The second-order valence-electron chi connectivity index (χ2n) is 6.20. The van der Waals surface area contributed by atoms with Crippen LogP contribution in [-0.2, 0) is 0 Å². The van der Waals surface area contributed by atoms with Crippen LogP contribution in [-0.4, -0.2) is 22.9 Å². The van der Waals surface area contributed by atoms with Crippen molar-refractivity contribution >= 4 is 11.6 Å². The summed E-state index contributed by atoms with van der Waals surface area (Å²) in [4.78, 5) is 16.8. The highest BCUT2D eigenvalue weighted by molar-refractivity contribution is 6.04. The fourth-order valence-electron chi connectivity index (χ4n) is 3.78. The fraction of sp³-hybridized carbons (Fsp3) is 0.625. The Kier molecular flexibility index (Phi) is 3.74. The van der Waals surface area contributed by atoms with E-state index in [1.165, 1.54) is 25.7 Å². The smallest absolute Gasteiger partial charge is 0.183 e. The van der Waals surface area contributed by atoms with E-state index < -0.39 is 0 Å². The molecule has 1 aliphatic carbocycles. The van der Waals surface area contributed by atoms with Crippen molar-refractivity contribution in [3.05, 3.63) is 23.4 Å². The number of hydrogen-bond acceptors (Lipinski definition) is 4. The first kappa shape index (κ1) is 13.6. The number of anilines is 1. The van der Waals surface area contributed by atoms with E-state index in [1.54, 1.807) is 6.20 Å². The zero-order valence-corrected chi connectivity index (χ0v) is 12.1. The number of nitrogens with one attached hydrogen (secondary N) is 1. The zero-order chi connectivity index (χ0) is 14.1. The number of carbonyl (C=O) groups is 1. The van der Waals surface area contributed by atoms with E-state index in [2.05, 4.69) is 10.3 Å². The summed E-state index contributed by atoms with van der Waals surface area (Å²) < 4.78 is 0. The maximum atomic E-state index is 12.7. The highest BCUT2D eigenvalue weighted by Crippen LogP contribution is 2.33. The molecule has 3 N–H and O–H groups in total. The SMILES string of the molecule is Cc1ccnc(N)c1C(=O)C1CCC2CCCCC2N1. The molecule has 1 saturated carbocycles. The summed E-state index contributed by atoms with van der Waals surface area (Å²) in [6, 6.07) is 2.29. The Morgan fingerprint density at radius 1 is 1.30 bits per heavy atom. The number of aryl methyl sites for hydroxylation is 1. The number of piperidine rings is 1. The number of Topliss-reactive ketones (excluding diaryl/α,β-unsaturated/α-hetero) is 1. The lowest BCUT2D eigenvalue weighted by Gasteiger charge is -2.40. The van der Waals surface area contributed by atoms with Crippen molar-refractivity contribution < 1.29 is 4.79 Å². The molecule has 4 heteroatoms. The Morgan fingerprint density at radius 3 is 2.90 bits per heavy atom. The normalized spacial score (nSPS) is 29.8. The van der Waals surface area contributed by atoms with Gasteiger partial charge in [-0.05, 0) is 50.2 Å². The molecule has 0 bridgehead atoms. The molecule has 1 aliphatic heterocycles. The van der Waals surface area contributed by atoms with Crippen LogP contribution in [0.4, 0.5) is 5.82 Å². The lowest BCUT2D eigenvalue weighted by Crippen LogP contribution is -2.52. The quantitative estimate of drug-likeness (QED) is 0.812. The van der Waals surface area contributed by atoms with Gasteiger partial charge in [-0.15, -0.1) is 0 Å². The van der Waals surface area contributed by atoms with Crippen LogP contribution in [0.15, 0.2) is 12.3 Å². The number of aromatic nitrogens is 1. The van der Waals surface area contributed by atoms with Crippen molar-refractivity contribution in [3.63, 3.8) is 0 Å². The molecule has 108 valence electrons. The van der Waals surface area contributed by atoms with Gasteiger partial charge in [0.25, 0.3) is 0 Å². The zero-order valence-electron chi connectivity index (χ0n) is 12.1. The van der Waals surface area contributed by atoms with Crippen molar-refractivity contribution in [3.8, 4) is 0 Å². The minimum absolute atomic E-state index is 0.0838. The van der Waals surface area contributed by atoms with Gasteiger partial charge in [0, 0.05) is 12.2 Å². The Morgan fingerprint density at radius 2 is 2.10 bits per heavy atom. The molecule has 1 aromatic rings. The van der Waals surface area contributed by atoms with E-state index in [4.69, 9.17) is 5.73 Å². The number of nitrogen functional groups attached to an aromatic ring is 1. The number of carbonyl (C=O) groups excluding carboxylic acids is 1. The molecule has 1 saturated heterocycles. The maximum Gasteiger partial charge on any atom is 0.183 e. The Balaban J connectivity index is 1.78. The Bertz CT molecular complexity index is 494. The van der Waals surface area contributed by atoms with E-state index in [0.717, 1.165) is 24.3 Å². The summed E-state index contributed by atoms with van der Waals surface area (Å²) in [6.07, 6.45) is 8.88. The van der Waals surface area contributed by atoms with Gasteiger partial charge in [-0.1, -0.05) is 12.8 Å². The lowest BCUT2D eigenvalue weighted by atomic mass is 9.76. The van der Waals surface area contributed by atoms with Gasteiger partial charge in [-0.2, -0.15) is 0 Å².